The monoisotopic (exact) mass is 659 g/mol. The Bertz CT molecular complexity index is 1480. The van der Waals surface area contributed by atoms with Gasteiger partial charge in [-0.2, -0.15) is 0 Å². The number of benzene rings is 3. The molecule has 2 amide bonds. The maximum Gasteiger partial charge on any atom is 0.332 e. The van der Waals surface area contributed by atoms with E-state index in [4.69, 9.17) is 8.85 Å². The Morgan fingerprint density at radius 3 is 2.19 bits per heavy atom. The summed E-state index contributed by atoms with van der Waals surface area (Å²) in [6.45, 7) is 17.8. The van der Waals surface area contributed by atoms with Gasteiger partial charge in [-0.1, -0.05) is 78.9 Å². The molecular weight excluding hydrogens is 603 g/mol. The van der Waals surface area contributed by atoms with Crippen molar-refractivity contribution in [1.29, 1.82) is 0 Å². The second kappa shape index (κ2) is 16.7. The van der Waals surface area contributed by atoms with Crippen molar-refractivity contribution in [2.24, 2.45) is 0 Å². The highest BCUT2D eigenvalue weighted by molar-refractivity contribution is 6.64. The van der Waals surface area contributed by atoms with Crippen LogP contribution in [-0.2, 0) is 31.3 Å². The van der Waals surface area contributed by atoms with Gasteiger partial charge in [-0.25, -0.2) is 0 Å². The van der Waals surface area contributed by atoms with Crippen LogP contribution in [0.25, 0.3) is 10.8 Å². The van der Waals surface area contributed by atoms with Gasteiger partial charge in [0.1, 0.15) is 6.04 Å². The molecule has 0 bridgehead atoms. The SMILES string of the molecule is C[C@H](CNC(C)(C)CC=CC(=O)N(C)[C@H](Cc1ccc2ccccc2c1)C(=O)N(C)CCc1ccccc1)O[Si](C)(C)OC(C)(C)C. The molecule has 3 aromatic rings. The molecular formula is C39H57N3O4Si. The summed E-state index contributed by atoms with van der Waals surface area (Å²) in [6, 6.07) is 23.9. The van der Waals surface area contributed by atoms with Gasteiger partial charge in [0.2, 0.25) is 11.8 Å². The molecule has 7 nitrogen and oxygen atoms in total. The fourth-order valence-corrected chi connectivity index (χ4v) is 8.37. The fourth-order valence-electron chi connectivity index (χ4n) is 5.79. The zero-order valence-electron chi connectivity index (χ0n) is 30.3. The van der Waals surface area contributed by atoms with Crippen molar-refractivity contribution in [3.8, 4) is 0 Å². The summed E-state index contributed by atoms with van der Waals surface area (Å²) in [4.78, 5) is 30.8. The molecule has 0 saturated carbocycles. The second-order valence-electron chi connectivity index (χ2n) is 14.8. The minimum Gasteiger partial charge on any atom is -0.390 e. The predicted octanol–water partition coefficient (Wildman–Crippen LogP) is 7.15. The van der Waals surface area contributed by atoms with Crippen LogP contribution >= 0.6 is 0 Å². The van der Waals surface area contributed by atoms with Gasteiger partial charge in [0.15, 0.2) is 0 Å². The van der Waals surface area contributed by atoms with Crippen LogP contribution in [-0.4, -0.2) is 80.6 Å². The highest BCUT2D eigenvalue weighted by atomic mass is 28.4. The Balaban J connectivity index is 1.66. The van der Waals surface area contributed by atoms with Gasteiger partial charge in [0, 0.05) is 39.1 Å². The molecule has 0 spiro atoms. The molecule has 0 radical (unpaired) electrons. The lowest BCUT2D eigenvalue weighted by Gasteiger charge is -2.35. The maximum atomic E-state index is 13.9. The fraction of sp³-hybridized carbons (Fsp3) is 0.487. The van der Waals surface area contributed by atoms with Crippen molar-refractivity contribution in [3.05, 3.63) is 96.1 Å². The molecule has 47 heavy (non-hydrogen) atoms. The zero-order chi connectivity index (χ0) is 34.8. The minimum atomic E-state index is -2.28. The number of nitrogens with one attached hydrogen (secondary N) is 1. The summed E-state index contributed by atoms with van der Waals surface area (Å²) in [7, 11) is 1.28. The van der Waals surface area contributed by atoms with Gasteiger partial charge in [0.25, 0.3) is 0 Å². The molecule has 0 fully saturated rings. The predicted molar refractivity (Wildman–Crippen MR) is 197 cm³/mol. The number of hydrogen-bond donors (Lipinski definition) is 1. The van der Waals surface area contributed by atoms with E-state index in [9.17, 15) is 9.59 Å². The van der Waals surface area contributed by atoms with Crippen LogP contribution in [0.4, 0.5) is 0 Å². The van der Waals surface area contributed by atoms with Crippen LogP contribution in [0.15, 0.2) is 84.9 Å². The number of amides is 2. The van der Waals surface area contributed by atoms with Crippen LogP contribution in [0.2, 0.25) is 13.1 Å². The highest BCUT2D eigenvalue weighted by Crippen LogP contribution is 2.21. The molecule has 2 atom stereocenters. The summed E-state index contributed by atoms with van der Waals surface area (Å²) < 4.78 is 12.5. The molecule has 0 unspecified atom stereocenters. The number of carbonyl (C=O) groups is 2. The Kier molecular flexibility index (Phi) is 13.5. The smallest absolute Gasteiger partial charge is 0.332 e. The second-order valence-corrected chi connectivity index (χ2v) is 18.0. The Morgan fingerprint density at radius 1 is 0.894 bits per heavy atom. The van der Waals surface area contributed by atoms with E-state index in [1.54, 1.807) is 22.9 Å². The first-order chi connectivity index (χ1) is 21.9. The molecule has 256 valence electrons. The maximum absolute atomic E-state index is 13.9. The lowest BCUT2D eigenvalue weighted by molar-refractivity contribution is -0.141. The lowest BCUT2D eigenvalue weighted by atomic mass is 9.99. The van der Waals surface area contributed by atoms with Gasteiger partial charge in [-0.05, 0) is 95.5 Å². The van der Waals surface area contributed by atoms with E-state index in [1.165, 1.54) is 5.56 Å². The van der Waals surface area contributed by atoms with Crippen LogP contribution in [0.1, 0.15) is 59.1 Å². The molecule has 0 aliphatic rings. The van der Waals surface area contributed by atoms with E-state index >= 15 is 0 Å². The van der Waals surface area contributed by atoms with Crippen molar-refractivity contribution in [3.63, 3.8) is 0 Å². The van der Waals surface area contributed by atoms with E-state index in [0.717, 1.165) is 22.8 Å². The summed E-state index contributed by atoms with van der Waals surface area (Å²) in [6.07, 6.45) is 5.29. The third-order valence-electron chi connectivity index (χ3n) is 8.09. The van der Waals surface area contributed by atoms with Gasteiger partial charge in [-0.15, -0.1) is 0 Å². The average molecular weight is 660 g/mol. The van der Waals surface area contributed by atoms with Gasteiger partial charge < -0.3 is 24.0 Å². The number of carbonyl (C=O) groups excluding carboxylic acids is 2. The Hall–Kier alpha value is -3.30. The molecule has 3 rings (SSSR count). The van der Waals surface area contributed by atoms with E-state index < -0.39 is 14.6 Å². The summed E-state index contributed by atoms with van der Waals surface area (Å²) in [5.74, 6) is -0.267. The standard InChI is InChI=1S/C39H57N3O4Si/c1-30(45-47(9,10)46-38(2,3)4)29-40-39(5,6)25-16-21-36(43)42(8)35(28-32-22-23-33-19-14-15-20-34(33)27-32)37(44)41(7)26-24-31-17-12-11-13-18-31/h11-23,27,30,35,40H,24-26,28-29H2,1-10H3/t30-,35-/m1/s1. The van der Waals surface area contributed by atoms with Crippen LogP contribution < -0.4 is 5.32 Å². The zero-order valence-corrected chi connectivity index (χ0v) is 31.3. The van der Waals surface area contributed by atoms with Crippen molar-refractivity contribution < 1.29 is 18.4 Å². The number of nitrogens with zero attached hydrogens (tertiary/aromatic N) is 2. The van der Waals surface area contributed by atoms with E-state index in [-0.39, 0.29) is 29.1 Å². The summed E-state index contributed by atoms with van der Waals surface area (Å²) in [5, 5.41) is 5.84. The van der Waals surface area contributed by atoms with Gasteiger partial charge in [-0.3, -0.25) is 9.59 Å². The first-order valence-corrected chi connectivity index (χ1v) is 19.6. The lowest BCUT2D eigenvalue weighted by Crippen LogP contribution is -2.49. The van der Waals surface area contributed by atoms with Crippen molar-refractivity contribution in [2.45, 2.75) is 97.2 Å². The third kappa shape index (κ3) is 13.0. The first kappa shape index (κ1) is 38.1. The molecule has 0 aliphatic carbocycles. The van der Waals surface area contributed by atoms with Crippen molar-refractivity contribution in [2.75, 3.05) is 27.2 Å². The molecule has 8 heteroatoms. The number of rotatable bonds is 16. The van der Waals surface area contributed by atoms with Gasteiger partial charge in [0.05, 0.1) is 11.7 Å². The van der Waals surface area contributed by atoms with Crippen LogP contribution in [0, 0.1) is 0 Å². The number of likely N-dealkylation sites (N-methyl/N-ethyl adjacent to an activating group) is 2. The van der Waals surface area contributed by atoms with E-state index in [2.05, 4.69) is 81.6 Å². The topological polar surface area (TPSA) is 71.1 Å². The van der Waals surface area contributed by atoms with Crippen molar-refractivity contribution in [1.82, 2.24) is 15.1 Å². The minimum absolute atomic E-state index is 0.0178. The van der Waals surface area contributed by atoms with E-state index in [1.807, 2.05) is 64.2 Å². The molecule has 3 aromatic carbocycles. The van der Waals surface area contributed by atoms with E-state index in [0.29, 0.717) is 25.9 Å². The Labute approximate surface area is 284 Å². The summed E-state index contributed by atoms with van der Waals surface area (Å²) in [5.41, 5.74) is 1.68. The third-order valence-corrected chi connectivity index (χ3v) is 10.2. The average Bonchev–Trinajstić information content (AvgIpc) is 2.99. The van der Waals surface area contributed by atoms with Crippen molar-refractivity contribution >= 4 is 31.1 Å². The number of hydrogen-bond acceptors (Lipinski definition) is 5. The van der Waals surface area contributed by atoms with Crippen LogP contribution in [0.3, 0.4) is 0 Å². The first-order valence-electron chi connectivity index (χ1n) is 16.8. The van der Waals surface area contributed by atoms with Gasteiger partial charge >= 0.3 is 8.56 Å². The molecule has 0 heterocycles. The molecule has 0 saturated heterocycles. The molecule has 0 aromatic heterocycles. The highest BCUT2D eigenvalue weighted by Gasteiger charge is 2.33. The normalized spacial score (nSPS) is 13.9. The number of fused-ring (bicyclic) bond motifs is 1. The van der Waals surface area contributed by atoms with Crippen LogP contribution in [0.5, 0.6) is 0 Å². The molecule has 0 aliphatic heterocycles. The molecule has 1 N–H and O–H groups in total. The summed E-state index contributed by atoms with van der Waals surface area (Å²) >= 11 is 0. The quantitative estimate of drug-likeness (QED) is 0.131. The Morgan fingerprint density at radius 2 is 1.53 bits per heavy atom. The largest absolute Gasteiger partial charge is 0.390 e.